The zero-order valence-electron chi connectivity index (χ0n) is 14.8. The molecule has 0 atom stereocenters. The number of thiazole rings is 1. The van der Waals surface area contributed by atoms with E-state index in [1.165, 1.54) is 22.5 Å². The second-order valence-corrected chi connectivity index (χ2v) is 7.33. The predicted octanol–water partition coefficient (Wildman–Crippen LogP) is 6.37. The van der Waals surface area contributed by atoms with Gasteiger partial charge in [0.1, 0.15) is 16.6 Å². The molecule has 2 aromatic carbocycles. The summed E-state index contributed by atoms with van der Waals surface area (Å²) in [5, 5.41) is 16.0. The summed E-state index contributed by atoms with van der Waals surface area (Å²) >= 11 is 7.60. The van der Waals surface area contributed by atoms with E-state index in [0.29, 0.717) is 15.6 Å². The lowest BCUT2D eigenvalue weighted by atomic mass is 10.1. The third-order valence-corrected chi connectivity index (χ3v) is 5.58. The van der Waals surface area contributed by atoms with E-state index in [2.05, 4.69) is 48.4 Å². The maximum atomic E-state index is 9.52. The van der Waals surface area contributed by atoms with Gasteiger partial charge in [-0.3, -0.25) is 0 Å². The highest BCUT2D eigenvalue weighted by Gasteiger charge is 2.10. The van der Waals surface area contributed by atoms with Crippen LogP contribution in [-0.4, -0.2) is 4.98 Å². The molecular weight excluding hydrogens is 362 g/mol. The summed E-state index contributed by atoms with van der Waals surface area (Å²) in [6.07, 6.45) is 1.68. The molecule has 1 heterocycles. The van der Waals surface area contributed by atoms with Crippen molar-refractivity contribution in [3.63, 3.8) is 0 Å². The van der Waals surface area contributed by atoms with Crippen LogP contribution < -0.4 is 5.32 Å². The van der Waals surface area contributed by atoms with Crippen LogP contribution in [0.3, 0.4) is 0 Å². The summed E-state index contributed by atoms with van der Waals surface area (Å²) in [5.74, 6) is 0. The first-order chi connectivity index (χ1) is 12.5. The van der Waals surface area contributed by atoms with Gasteiger partial charge in [-0.15, -0.1) is 11.3 Å². The summed E-state index contributed by atoms with van der Waals surface area (Å²) in [6.45, 7) is 6.11. The van der Waals surface area contributed by atoms with E-state index in [-0.39, 0.29) is 0 Å². The molecule has 26 heavy (non-hydrogen) atoms. The Morgan fingerprint density at radius 2 is 2.00 bits per heavy atom. The van der Waals surface area contributed by atoms with Crippen LogP contribution in [0.4, 0.5) is 5.69 Å². The normalized spacial score (nSPS) is 11.3. The van der Waals surface area contributed by atoms with Gasteiger partial charge in [-0.2, -0.15) is 5.26 Å². The van der Waals surface area contributed by atoms with Crippen molar-refractivity contribution in [3.05, 3.63) is 74.7 Å². The van der Waals surface area contributed by atoms with Gasteiger partial charge in [-0.25, -0.2) is 4.98 Å². The Kier molecular flexibility index (Phi) is 5.41. The Balaban J connectivity index is 1.87. The molecule has 0 amide bonds. The monoisotopic (exact) mass is 379 g/mol. The molecule has 130 valence electrons. The molecule has 0 aliphatic heterocycles. The Hall–Kier alpha value is -2.61. The molecule has 0 saturated heterocycles. The minimum atomic E-state index is 0.490. The number of allylic oxidation sites excluding steroid dienone is 1. The van der Waals surface area contributed by atoms with Crippen LogP contribution in [0.5, 0.6) is 0 Å². The Morgan fingerprint density at radius 3 is 2.73 bits per heavy atom. The summed E-state index contributed by atoms with van der Waals surface area (Å²) < 4.78 is 0. The van der Waals surface area contributed by atoms with Crippen LogP contribution in [0, 0.1) is 32.1 Å². The summed E-state index contributed by atoms with van der Waals surface area (Å²) in [7, 11) is 0. The first-order valence-electron chi connectivity index (χ1n) is 8.15. The van der Waals surface area contributed by atoms with Crippen LogP contribution in [0.25, 0.3) is 16.8 Å². The van der Waals surface area contributed by atoms with Gasteiger partial charge in [0.15, 0.2) is 0 Å². The number of nitriles is 1. The smallest absolute Gasteiger partial charge is 0.136 e. The van der Waals surface area contributed by atoms with Crippen LogP contribution in [0.1, 0.15) is 21.7 Å². The molecule has 1 N–H and O–H groups in total. The standard InChI is InChI=1S/C21H18ClN3S/c1-13-7-8-16(9-14(13)2)20-12-26-21(25-20)17(10-23)11-24-19-6-4-5-18(22)15(19)3/h4-9,11-12,24H,1-3H3/b17-11+. The zero-order chi connectivity index (χ0) is 18.7. The molecule has 0 unspecified atom stereocenters. The topological polar surface area (TPSA) is 48.7 Å². The van der Waals surface area contributed by atoms with Crippen molar-refractivity contribution in [1.29, 1.82) is 5.26 Å². The number of hydrogen-bond donors (Lipinski definition) is 1. The molecule has 1 aromatic heterocycles. The molecule has 3 nitrogen and oxygen atoms in total. The second-order valence-electron chi connectivity index (χ2n) is 6.06. The fourth-order valence-electron chi connectivity index (χ4n) is 2.49. The van der Waals surface area contributed by atoms with Crippen molar-refractivity contribution in [2.45, 2.75) is 20.8 Å². The van der Waals surface area contributed by atoms with Gasteiger partial charge >= 0.3 is 0 Å². The molecule has 3 aromatic rings. The minimum Gasteiger partial charge on any atom is -0.360 e. The number of aryl methyl sites for hydroxylation is 2. The Labute approximate surface area is 162 Å². The lowest BCUT2D eigenvalue weighted by Crippen LogP contribution is -1.94. The molecule has 0 fully saturated rings. The SMILES string of the molecule is Cc1ccc(-c2csc(/C(C#N)=C/Nc3cccc(Cl)c3C)n2)cc1C. The largest absolute Gasteiger partial charge is 0.360 e. The molecule has 5 heteroatoms. The molecule has 0 aliphatic carbocycles. The summed E-state index contributed by atoms with van der Waals surface area (Å²) in [6, 6.07) is 14.1. The third-order valence-electron chi connectivity index (χ3n) is 4.30. The van der Waals surface area contributed by atoms with Crippen molar-refractivity contribution in [1.82, 2.24) is 4.98 Å². The summed E-state index contributed by atoms with van der Waals surface area (Å²) in [5.41, 5.74) is 6.73. The van der Waals surface area contributed by atoms with Crippen LogP contribution in [-0.2, 0) is 0 Å². The second kappa shape index (κ2) is 7.74. The highest BCUT2D eigenvalue weighted by molar-refractivity contribution is 7.11. The van der Waals surface area contributed by atoms with Crippen LogP contribution in [0.2, 0.25) is 5.02 Å². The van der Waals surface area contributed by atoms with Crippen LogP contribution >= 0.6 is 22.9 Å². The molecular formula is C21H18ClN3S. The van der Waals surface area contributed by atoms with E-state index in [1.807, 2.05) is 30.5 Å². The average molecular weight is 380 g/mol. The number of aromatic nitrogens is 1. The number of hydrogen-bond acceptors (Lipinski definition) is 4. The Bertz CT molecular complexity index is 1030. The van der Waals surface area contributed by atoms with Gasteiger partial charge in [-0.05, 0) is 55.7 Å². The third kappa shape index (κ3) is 3.80. The number of nitrogens with one attached hydrogen (secondary N) is 1. The summed E-state index contributed by atoms with van der Waals surface area (Å²) in [4.78, 5) is 4.64. The van der Waals surface area contributed by atoms with Crippen molar-refractivity contribution in [3.8, 4) is 17.3 Å². The van der Waals surface area contributed by atoms with Gasteiger partial charge in [0, 0.05) is 27.9 Å². The average Bonchev–Trinajstić information content (AvgIpc) is 3.11. The number of halogens is 1. The molecule has 0 aliphatic rings. The predicted molar refractivity (Wildman–Crippen MR) is 110 cm³/mol. The number of benzene rings is 2. The van der Waals surface area contributed by atoms with Crippen molar-refractivity contribution in [2.24, 2.45) is 0 Å². The van der Waals surface area contributed by atoms with Gasteiger partial charge in [0.2, 0.25) is 0 Å². The first-order valence-corrected chi connectivity index (χ1v) is 9.41. The molecule has 0 spiro atoms. The fourth-order valence-corrected chi connectivity index (χ4v) is 3.46. The first kappa shape index (κ1) is 18.2. The van der Waals surface area contributed by atoms with E-state index in [4.69, 9.17) is 11.6 Å². The number of anilines is 1. The van der Waals surface area contributed by atoms with Crippen molar-refractivity contribution in [2.75, 3.05) is 5.32 Å². The van der Waals surface area contributed by atoms with Crippen molar-refractivity contribution >= 4 is 34.2 Å². The van der Waals surface area contributed by atoms with E-state index in [1.54, 1.807) is 6.20 Å². The van der Waals surface area contributed by atoms with Gasteiger partial charge in [-0.1, -0.05) is 29.8 Å². The lowest BCUT2D eigenvalue weighted by molar-refractivity contribution is 1.31. The Morgan fingerprint density at radius 1 is 1.19 bits per heavy atom. The van der Waals surface area contributed by atoms with Crippen LogP contribution in [0.15, 0.2) is 48.0 Å². The number of rotatable bonds is 4. The van der Waals surface area contributed by atoms with Gasteiger partial charge < -0.3 is 5.32 Å². The quantitative estimate of drug-likeness (QED) is 0.536. The maximum absolute atomic E-state index is 9.52. The molecule has 3 rings (SSSR count). The number of nitrogens with zero attached hydrogens (tertiary/aromatic N) is 2. The fraction of sp³-hybridized carbons (Fsp3) is 0.143. The van der Waals surface area contributed by atoms with E-state index < -0.39 is 0 Å². The highest BCUT2D eigenvalue weighted by atomic mass is 35.5. The lowest BCUT2D eigenvalue weighted by Gasteiger charge is -2.07. The van der Waals surface area contributed by atoms with E-state index in [9.17, 15) is 5.26 Å². The van der Waals surface area contributed by atoms with Gasteiger partial charge in [0.05, 0.1) is 5.69 Å². The molecule has 0 saturated carbocycles. The highest BCUT2D eigenvalue weighted by Crippen LogP contribution is 2.28. The zero-order valence-corrected chi connectivity index (χ0v) is 16.4. The van der Waals surface area contributed by atoms with Gasteiger partial charge in [0.25, 0.3) is 0 Å². The van der Waals surface area contributed by atoms with Crippen molar-refractivity contribution < 1.29 is 0 Å². The van der Waals surface area contributed by atoms with E-state index in [0.717, 1.165) is 22.5 Å². The minimum absolute atomic E-state index is 0.490. The van der Waals surface area contributed by atoms with E-state index >= 15 is 0 Å². The maximum Gasteiger partial charge on any atom is 0.136 e. The molecule has 0 bridgehead atoms. The molecule has 0 radical (unpaired) electrons.